The highest BCUT2D eigenvalue weighted by atomic mass is 16.5. The molecule has 2 heteroatoms. The van der Waals surface area contributed by atoms with Crippen molar-refractivity contribution in [1.29, 1.82) is 0 Å². The van der Waals surface area contributed by atoms with Gasteiger partial charge in [0.25, 0.3) is 0 Å². The van der Waals surface area contributed by atoms with Crippen LogP contribution in [0.3, 0.4) is 0 Å². The molecule has 0 N–H and O–H groups in total. The summed E-state index contributed by atoms with van der Waals surface area (Å²) in [5, 5.41) is 0. The van der Waals surface area contributed by atoms with Crippen molar-refractivity contribution in [1.82, 2.24) is 0 Å². The van der Waals surface area contributed by atoms with E-state index in [0.29, 0.717) is 0 Å². The van der Waals surface area contributed by atoms with Crippen LogP contribution in [0.25, 0.3) is 0 Å². The van der Waals surface area contributed by atoms with E-state index in [1.807, 2.05) is 13.1 Å². The fourth-order valence-electron chi connectivity index (χ4n) is 1.26. The summed E-state index contributed by atoms with van der Waals surface area (Å²) in [6.45, 7) is 9.19. The summed E-state index contributed by atoms with van der Waals surface area (Å²) in [5.41, 5.74) is 1.12. The number of nitrogens with zero attached hydrogens (tertiary/aromatic N) is 1. The standard InChI is InChI=1S/C12H23NO/c1-6-9-13-10-8-12(4,14-5)11(3)7-2/h7,9H,6,8,10H2,1-5H3/b11-7+,13-9+. The first kappa shape index (κ1) is 13.4. The molecule has 82 valence electrons. The van der Waals surface area contributed by atoms with Crippen molar-refractivity contribution in [3.05, 3.63) is 11.6 Å². The minimum Gasteiger partial charge on any atom is -0.374 e. The van der Waals surface area contributed by atoms with Crippen LogP contribution in [0.2, 0.25) is 0 Å². The molecule has 0 radical (unpaired) electrons. The van der Waals surface area contributed by atoms with Crippen LogP contribution in [0.1, 0.15) is 40.5 Å². The zero-order valence-corrected chi connectivity index (χ0v) is 10.1. The number of hydrogen-bond donors (Lipinski definition) is 0. The minimum absolute atomic E-state index is 0.153. The summed E-state index contributed by atoms with van der Waals surface area (Å²) in [6.07, 6.45) is 6.01. The number of ether oxygens (including phenoxy) is 1. The van der Waals surface area contributed by atoms with Gasteiger partial charge in [0.15, 0.2) is 0 Å². The molecule has 0 amide bonds. The van der Waals surface area contributed by atoms with Crippen molar-refractivity contribution in [3.8, 4) is 0 Å². The third kappa shape index (κ3) is 4.05. The number of aliphatic imine (C=N–C) groups is 1. The monoisotopic (exact) mass is 197 g/mol. The second-order valence-corrected chi connectivity index (χ2v) is 3.65. The summed E-state index contributed by atoms with van der Waals surface area (Å²) in [4.78, 5) is 4.31. The fourth-order valence-corrected chi connectivity index (χ4v) is 1.26. The van der Waals surface area contributed by atoms with Gasteiger partial charge in [0, 0.05) is 13.7 Å². The van der Waals surface area contributed by atoms with Gasteiger partial charge >= 0.3 is 0 Å². The van der Waals surface area contributed by atoms with Gasteiger partial charge in [-0.2, -0.15) is 0 Å². The van der Waals surface area contributed by atoms with E-state index in [2.05, 4.69) is 31.8 Å². The van der Waals surface area contributed by atoms with Crippen LogP contribution in [-0.2, 0) is 4.74 Å². The van der Waals surface area contributed by atoms with Crippen LogP contribution in [0.15, 0.2) is 16.6 Å². The molecule has 0 bridgehead atoms. The molecule has 0 aromatic rings. The van der Waals surface area contributed by atoms with Crippen molar-refractivity contribution in [2.45, 2.75) is 46.1 Å². The Morgan fingerprint density at radius 1 is 1.50 bits per heavy atom. The molecule has 0 fully saturated rings. The maximum atomic E-state index is 5.53. The van der Waals surface area contributed by atoms with Gasteiger partial charge in [0.05, 0.1) is 5.60 Å². The molecule has 0 aliphatic rings. The molecule has 0 saturated carbocycles. The Kier molecular flexibility index (Phi) is 6.46. The molecular formula is C12H23NO. The largest absolute Gasteiger partial charge is 0.374 e. The predicted molar refractivity (Wildman–Crippen MR) is 63.1 cm³/mol. The molecule has 0 aromatic heterocycles. The summed E-state index contributed by atoms with van der Waals surface area (Å²) in [5.74, 6) is 0. The number of methoxy groups -OCH3 is 1. The second kappa shape index (κ2) is 6.77. The molecule has 0 aliphatic carbocycles. The molecule has 1 atom stereocenters. The topological polar surface area (TPSA) is 21.6 Å². The molecule has 14 heavy (non-hydrogen) atoms. The zero-order chi connectivity index (χ0) is 11.0. The highest BCUT2D eigenvalue weighted by Crippen LogP contribution is 2.24. The zero-order valence-electron chi connectivity index (χ0n) is 10.1. The smallest absolute Gasteiger partial charge is 0.0874 e. The van der Waals surface area contributed by atoms with Crippen molar-refractivity contribution < 1.29 is 4.74 Å². The van der Waals surface area contributed by atoms with Crippen molar-refractivity contribution in [2.24, 2.45) is 4.99 Å². The Bertz CT molecular complexity index is 208. The maximum absolute atomic E-state index is 5.53. The third-order valence-corrected chi connectivity index (χ3v) is 2.75. The molecule has 0 saturated heterocycles. The van der Waals surface area contributed by atoms with E-state index in [1.54, 1.807) is 7.11 Å². The Balaban J connectivity index is 4.20. The summed E-state index contributed by atoms with van der Waals surface area (Å²) < 4.78 is 5.53. The average Bonchev–Trinajstić information content (AvgIpc) is 2.22. The van der Waals surface area contributed by atoms with Gasteiger partial charge in [-0.15, -0.1) is 0 Å². The van der Waals surface area contributed by atoms with E-state index in [9.17, 15) is 0 Å². The van der Waals surface area contributed by atoms with Crippen LogP contribution < -0.4 is 0 Å². The quantitative estimate of drug-likeness (QED) is 0.473. The van der Waals surface area contributed by atoms with E-state index in [0.717, 1.165) is 19.4 Å². The molecule has 0 rings (SSSR count). The first-order chi connectivity index (χ1) is 6.60. The Morgan fingerprint density at radius 3 is 2.57 bits per heavy atom. The van der Waals surface area contributed by atoms with Gasteiger partial charge in [-0.1, -0.05) is 13.0 Å². The summed E-state index contributed by atoms with van der Waals surface area (Å²) >= 11 is 0. The Labute approximate surface area is 88.1 Å². The molecule has 2 nitrogen and oxygen atoms in total. The van der Waals surface area contributed by atoms with E-state index >= 15 is 0 Å². The number of allylic oxidation sites excluding steroid dienone is 1. The van der Waals surface area contributed by atoms with E-state index < -0.39 is 0 Å². The summed E-state index contributed by atoms with van der Waals surface area (Å²) in [6, 6.07) is 0. The van der Waals surface area contributed by atoms with Crippen molar-refractivity contribution >= 4 is 6.21 Å². The highest BCUT2D eigenvalue weighted by molar-refractivity contribution is 5.56. The molecule has 0 aliphatic heterocycles. The Hall–Kier alpha value is -0.630. The number of rotatable bonds is 6. The number of hydrogen-bond acceptors (Lipinski definition) is 2. The van der Waals surface area contributed by atoms with Gasteiger partial charge in [-0.25, -0.2) is 0 Å². The van der Waals surface area contributed by atoms with Crippen LogP contribution in [0.4, 0.5) is 0 Å². The van der Waals surface area contributed by atoms with Gasteiger partial charge in [0.2, 0.25) is 0 Å². The molecule has 0 spiro atoms. The van der Waals surface area contributed by atoms with Crippen LogP contribution >= 0.6 is 0 Å². The van der Waals surface area contributed by atoms with Crippen molar-refractivity contribution in [2.75, 3.05) is 13.7 Å². The molecular weight excluding hydrogens is 174 g/mol. The SMILES string of the molecule is C/C=C(\C)C(C)(CC/N=C/CC)OC. The van der Waals surface area contributed by atoms with E-state index in [-0.39, 0.29) is 5.60 Å². The van der Waals surface area contributed by atoms with Crippen LogP contribution in [0.5, 0.6) is 0 Å². The van der Waals surface area contributed by atoms with Crippen LogP contribution in [-0.4, -0.2) is 25.5 Å². The van der Waals surface area contributed by atoms with Crippen molar-refractivity contribution in [3.63, 3.8) is 0 Å². The molecule has 0 aromatic carbocycles. The van der Waals surface area contributed by atoms with Gasteiger partial charge < -0.3 is 4.74 Å². The lowest BCUT2D eigenvalue weighted by molar-refractivity contribution is 0.0331. The maximum Gasteiger partial charge on any atom is 0.0874 e. The second-order valence-electron chi connectivity index (χ2n) is 3.65. The third-order valence-electron chi connectivity index (χ3n) is 2.75. The van der Waals surface area contributed by atoms with Gasteiger partial charge in [0.1, 0.15) is 0 Å². The van der Waals surface area contributed by atoms with Crippen LogP contribution in [0, 0.1) is 0 Å². The summed E-state index contributed by atoms with van der Waals surface area (Å²) in [7, 11) is 1.76. The lowest BCUT2D eigenvalue weighted by atomic mass is 9.93. The predicted octanol–water partition coefficient (Wildman–Crippen LogP) is 3.23. The lowest BCUT2D eigenvalue weighted by Crippen LogP contribution is -2.29. The van der Waals surface area contributed by atoms with E-state index in [4.69, 9.17) is 4.74 Å². The highest BCUT2D eigenvalue weighted by Gasteiger charge is 2.24. The average molecular weight is 197 g/mol. The van der Waals surface area contributed by atoms with Gasteiger partial charge in [-0.3, -0.25) is 4.99 Å². The first-order valence-electron chi connectivity index (χ1n) is 5.27. The first-order valence-corrected chi connectivity index (χ1v) is 5.27. The normalized spacial score (nSPS) is 17.4. The van der Waals surface area contributed by atoms with Gasteiger partial charge in [-0.05, 0) is 45.4 Å². The Morgan fingerprint density at radius 2 is 2.14 bits per heavy atom. The lowest BCUT2D eigenvalue weighted by Gasteiger charge is -2.28. The molecule has 0 heterocycles. The van der Waals surface area contributed by atoms with E-state index in [1.165, 1.54) is 5.57 Å². The minimum atomic E-state index is -0.153. The fraction of sp³-hybridized carbons (Fsp3) is 0.750. The molecule has 1 unspecified atom stereocenters.